The van der Waals surface area contributed by atoms with Crippen molar-refractivity contribution in [2.75, 3.05) is 0 Å². The van der Waals surface area contributed by atoms with Gasteiger partial charge in [0.2, 0.25) is 0 Å². The van der Waals surface area contributed by atoms with Gasteiger partial charge in [0.1, 0.15) is 11.6 Å². The molecule has 2 heterocycles. The van der Waals surface area contributed by atoms with Gasteiger partial charge in [0.25, 0.3) is 0 Å². The number of hydrogen-bond acceptors (Lipinski definition) is 3. The standard InChI is InChI=1S/C9H16N4/c1-7(10)4-5-9-12-11-8-3-2-6-13(8)9/h7H,2-6,10H2,1H3. The highest BCUT2D eigenvalue weighted by atomic mass is 15.3. The van der Waals surface area contributed by atoms with Gasteiger partial charge in [0, 0.05) is 25.4 Å². The zero-order valence-corrected chi connectivity index (χ0v) is 8.03. The molecule has 4 heteroatoms. The van der Waals surface area contributed by atoms with Gasteiger partial charge in [-0.05, 0) is 19.8 Å². The molecule has 1 aliphatic rings. The summed E-state index contributed by atoms with van der Waals surface area (Å²) in [5.41, 5.74) is 5.70. The molecule has 0 aliphatic carbocycles. The fourth-order valence-electron chi connectivity index (χ4n) is 1.75. The van der Waals surface area contributed by atoms with E-state index in [1.807, 2.05) is 6.92 Å². The Morgan fingerprint density at radius 2 is 2.38 bits per heavy atom. The van der Waals surface area contributed by atoms with Crippen molar-refractivity contribution in [2.24, 2.45) is 5.73 Å². The van der Waals surface area contributed by atoms with Gasteiger partial charge in [-0.3, -0.25) is 0 Å². The van der Waals surface area contributed by atoms with Crippen LogP contribution in [0.25, 0.3) is 0 Å². The van der Waals surface area contributed by atoms with E-state index in [0.717, 1.165) is 37.5 Å². The van der Waals surface area contributed by atoms with E-state index >= 15 is 0 Å². The van der Waals surface area contributed by atoms with Gasteiger partial charge < -0.3 is 10.3 Å². The molecule has 0 fully saturated rings. The first kappa shape index (κ1) is 8.69. The molecule has 1 aromatic rings. The van der Waals surface area contributed by atoms with Crippen LogP contribution in [-0.4, -0.2) is 20.8 Å². The lowest BCUT2D eigenvalue weighted by Crippen LogP contribution is -2.16. The summed E-state index contributed by atoms with van der Waals surface area (Å²) in [5, 5.41) is 8.31. The van der Waals surface area contributed by atoms with Crippen LogP contribution < -0.4 is 5.73 Å². The van der Waals surface area contributed by atoms with Crippen LogP contribution in [0.4, 0.5) is 0 Å². The van der Waals surface area contributed by atoms with Crippen LogP contribution in [0, 0.1) is 0 Å². The molecule has 2 N–H and O–H groups in total. The average Bonchev–Trinajstić information content (AvgIpc) is 2.60. The van der Waals surface area contributed by atoms with Gasteiger partial charge in [0.05, 0.1) is 0 Å². The molecule has 1 aromatic heterocycles. The minimum atomic E-state index is 0.259. The van der Waals surface area contributed by atoms with Gasteiger partial charge in [-0.2, -0.15) is 0 Å². The van der Waals surface area contributed by atoms with E-state index in [1.165, 1.54) is 6.42 Å². The van der Waals surface area contributed by atoms with Gasteiger partial charge in [-0.15, -0.1) is 10.2 Å². The molecule has 2 rings (SSSR count). The number of nitrogens with two attached hydrogens (primary N) is 1. The molecule has 13 heavy (non-hydrogen) atoms. The molecular weight excluding hydrogens is 164 g/mol. The smallest absolute Gasteiger partial charge is 0.133 e. The first-order valence-corrected chi connectivity index (χ1v) is 4.94. The Morgan fingerprint density at radius 3 is 3.15 bits per heavy atom. The lowest BCUT2D eigenvalue weighted by molar-refractivity contribution is 0.611. The molecule has 1 unspecified atom stereocenters. The van der Waals surface area contributed by atoms with Crippen LogP contribution in [0.15, 0.2) is 0 Å². The predicted molar refractivity (Wildman–Crippen MR) is 50.3 cm³/mol. The zero-order chi connectivity index (χ0) is 9.26. The molecule has 0 radical (unpaired) electrons. The van der Waals surface area contributed by atoms with Crippen molar-refractivity contribution >= 4 is 0 Å². The second-order valence-electron chi connectivity index (χ2n) is 3.80. The summed E-state index contributed by atoms with van der Waals surface area (Å²) in [6, 6.07) is 0.259. The van der Waals surface area contributed by atoms with Crippen molar-refractivity contribution in [3.05, 3.63) is 11.6 Å². The van der Waals surface area contributed by atoms with E-state index in [4.69, 9.17) is 5.73 Å². The number of nitrogens with zero attached hydrogens (tertiary/aromatic N) is 3. The third-order valence-electron chi connectivity index (χ3n) is 2.51. The van der Waals surface area contributed by atoms with Crippen molar-refractivity contribution in [1.82, 2.24) is 14.8 Å². The molecule has 0 amide bonds. The summed E-state index contributed by atoms with van der Waals surface area (Å²) in [5.74, 6) is 2.27. The largest absolute Gasteiger partial charge is 0.328 e. The van der Waals surface area contributed by atoms with Crippen LogP contribution in [0.3, 0.4) is 0 Å². The summed E-state index contributed by atoms with van der Waals surface area (Å²) in [4.78, 5) is 0. The Kier molecular flexibility index (Phi) is 2.31. The Balaban J connectivity index is 2.04. The molecule has 1 atom stereocenters. The maximum atomic E-state index is 5.70. The van der Waals surface area contributed by atoms with E-state index in [2.05, 4.69) is 14.8 Å². The number of aryl methyl sites for hydroxylation is 2. The molecule has 0 aromatic carbocycles. The van der Waals surface area contributed by atoms with E-state index < -0.39 is 0 Å². The number of aromatic nitrogens is 3. The van der Waals surface area contributed by atoms with Crippen LogP contribution >= 0.6 is 0 Å². The third-order valence-corrected chi connectivity index (χ3v) is 2.51. The van der Waals surface area contributed by atoms with Crippen molar-refractivity contribution in [3.63, 3.8) is 0 Å². The second kappa shape index (κ2) is 3.46. The van der Waals surface area contributed by atoms with E-state index in [9.17, 15) is 0 Å². The maximum Gasteiger partial charge on any atom is 0.133 e. The highest BCUT2D eigenvalue weighted by Gasteiger charge is 2.16. The minimum Gasteiger partial charge on any atom is -0.328 e. The summed E-state index contributed by atoms with van der Waals surface area (Å²) in [6.07, 6.45) is 4.27. The van der Waals surface area contributed by atoms with E-state index in [1.54, 1.807) is 0 Å². The minimum absolute atomic E-state index is 0.259. The normalized spacial score (nSPS) is 17.4. The summed E-state index contributed by atoms with van der Waals surface area (Å²) < 4.78 is 2.24. The van der Waals surface area contributed by atoms with Crippen molar-refractivity contribution in [2.45, 2.75) is 45.2 Å². The highest BCUT2D eigenvalue weighted by molar-refractivity contribution is 5.00. The molecule has 0 bridgehead atoms. The quantitative estimate of drug-likeness (QED) is 0.737. The monoisotopic (exact) mass is 180 g/mol. The average molecular weight is 180 g/mol. The highest BCUT2D eigenvalue weighted by Crippen LogP contribution is 2.15. The predicted octanol–water partition coefficient (Wildman–Crippen LogP) is 0.504. The Morgan fingerprint density at radius 1 is 1.54 bits per heavy atom. The van der Waals surface area contributed by atoms with Crippen molar-refractivity contribution < 1.29 is 0 Å². The second-order valence-corrected chi connectivity index (χ2v) is 3.80. The maximum absolute atomic E-state index is 5.70. The van der Waals surface area contributed by atoms with Crippen molar-refractivity contribution in [3.8, 4) is 0 Å². The number of hydrogen-bond donors (Lipinski definition) is 1. The van der Waals surface area contributed by atoms with E-state index in [0.29, 0.717) is 0 Å². The molecule has 0 saturated heterocycles. The molecule has 4 nitrogen and oxygen atoms in total. The molecular formula is C9H16N4. The summed E-state index contributed by atoms with van der Waals surface area (Å²) in [7, 11) is 0. The van der Waals surface area contributed by atoms with Crippen LogP contribution in [0.2, 0.25) is 0 Å². The first-order chi connectivity index (χ1) is 6.27. The summed E-state index contributed by atoms with van der Waals surface area (Å²) >= 11 is 0. The van der Waals surface area contributed by atoms with E-state index in [-0.39, 0.29) is 6.04 Å². The van der Waals surface area contributed by atoms with Gasteiger partial charge >= 0.3 is 0 Å². The Bertz CT molecular complexity index is 290. The van der Waals surface area contributed by atoms with Gasteiger partial charge in [-0.25, -0.2) is 0 Å². The van der Waals surface area contributed by atoms with Crippen LogP contribution in [-0.2, 0) is 19.4 Å². The molecule has 0 saturated carbocycles. The SMILES string of the molecule is CC(N)CCc1nnc2n1CCC2. The number of fused-ring (bicyclic) bond motifs is 1. The topological polar surface area (TPSA) is 56.7 Å². The first-order valence-electron chi connectivity index (χ1n) is 4.94. The third kappa shape index (κ3) is 1.72. The van der Waals surface area contributed by atoms with Crippen molar-refractivity contribution in [1.29, 1.82) is 0 Å². The van der Waals surface area contributed by atoms with Crippen LogP contribution in [0.1, 0.15) is 31.4 Å². The fraction of sp³-hybridized carbons (Fsp3) is 0.778. The zero-order valence-electron chi connectivity index (χ0n) is 8.03. The fourth-order valence-corrected chi connectivity index (χ4v) is 1.75. The Labute approximate surface area is 78.1 Å². The summed E-state index contributed by atoms with van der Waals surface area (Å²) in [6.45, 7) is 3.12. The van der Waals surface area contributed by atoms with Gasteiger partial charge in [-0.1, -0.05) is 0 Å². The van der Waals surface area contributed by atoms with Gasteiger partial charge in [0.15, 0.2) is 0 Å². The lowest BCUT2D eigenvalue weighted by atomic mass is 10.2. The number of rotatable bonds is 3. The Hall–Kier alpha value is -0.900. The molecule has 72 valence electrons. The molecule has 0 spiro atoms. The molecule has 1 aliphatic heterocycles. The van der Waals surface area contributed by atoms with Crippen LogP contribution in [0.5, 0.6) is 0 Å². The lowest BCUT2D eigenvalue weighted by Gasteiger charge is -2.04.